The number of hydrogen-bond donors (Lipinski definition) is 2. The van der Waals surface area contributed by atoms with Gasteiger partial charge in [0.05, 0.1) is 6.61 Å². The highest BCUT2D eigenvalue weighted by Crippen LogP contribution is 2.33. The molecule has 0 aromatic heterocycles. The normalized spacial score (nSPS) is 25.4. The van der Waals surface area contributed by atoms with Crippen LogP contribution in [0.1, 0.15) is 32.6 Å². The van der Waals surface area contributed by atoms with E-state index in [1.807, 2.05) is 7.05 Å². The van der Waals surface area contributed by atoms with Crippen LogP contribution in [0.5, 0.6) is 0 Å². The number of rotatable bonds is 3. The minimum absolute atomic E-state index is 0.0312. The Balaban J connectivity index is 2.52. The summed E-state index contributed by atoms with van der Waals surface area (Å²) in [4.78, 5) is 0. The third-order valence-corrected chi connectivity index (χ3v) is 3.16. The maximum atomic E-state index is 9.18. The van der Waals surface area contributed by atoms with Crippen LogP contribution in [0.15, 0.2) is 0 Å². The molecule has 0 bridgehead atoms. The first kappa shape index (κ1) is 9.01. The first-order chi connectivity index (χ1) is 5.23. The molecule has 0 amide bonds. The molecule has 2 heteroatoms. The average molecular weight is 157 g/mol. The van der Waals surface area contributed by atoms with Gasteiger partial charge in [-0.05, 0) is 32.7 Å². The number of aliphatic hydroxyl groups excluding tert-OH is 1. The van der Waals surface area contributed by atoms with E-state index < -0.39 is 0 Å². The van der Waals surface area contributed by atoms with Crippen molar-refractivity contribution in [3.8, 4) is 0 Å². The summed E-state index contributed by atoms with van der Waals surface area (Å²) in [7, 11) is 1.94. The average Bonchev–Trinajstić information content (AvgIpc) is 2.55. The molecule has 1 atom stereocenters. The summed E-state index contributed by atoms with van der Waals surface area (Å²) >= 11 is 0. The second-order valence-electron chi connectivity index (χ2n) is 3.81. The highest BCUT2D eigenvalue weighted by atomic mass is 16.3. The first-order valence-corrected chi connectivity index (χ1v) is 4.52. The van der Waals surface area contributed by atoms with Crippen LogP contribution in [0, 0.1) is 5.92 Å². The molecular formula is C9H19NO. The summed E-state index contributed by atoms with van der Waals surface area (Å²) in [6.45, 7) is 2.37. The molecule has 2 nitrogen and oxygen atoms in total. The summed E-state index contributed by atoms with van der Waals surface area (Å²) in [5, 5.41) is 12.4. The van der Waals surface area contributed by atoms with Gasteiger partial charge < -0.3 is 10.4 Å². The minimum atomic E-state index is -0.0312. The summed E-state index contributed by atoms with van der Waals surface area (Å²) < 4.78 is 0. The Morgan fingerprint density at radius 2 is 2.00 bits per heavy atom. The van der Waals surface area contributed by atoms with Crippen LogP contribution in [-0.2, 0) is 0 Å². The summed E-state index contributed by atoms with van der Waals surface area (Å²) in [6, 6.07) is 0. The van der Waals surface area contributed by atoms with Crippen molar-refractivity contribution in [3.63, 3.8) is 0 Å². The second kappa shape index (κ2) is 3.55. The van der Waals surface area contributed by atoms with E-state index in [2.05, 4.69) is 12.2 Å². The van der Waals surface area contributed by atoms with Crippen LogP contribution in [-0.4, -0.2) is 24.3 Å². The van der Waals surface area contributed by atoms with Crippen molar-refractivity contribution in [1.82, 2.24) is 5.32 Å². The highest BCUT2D eigenvalue weighted by molar-refractivity contribution is 4.91. The number of likely N-dealkylation sites (N-methyl/N-ethyl adjacent to an activating group) is 1. The van der Waals surface area contributed by atoms with Crippen molar-refractivity contribution in [2.24, 2.45) is 5.92 Å². The van der Waals surface area contributed by atoms with Crippen molar-refractivity contribution in [2.75, 3.05) is 13.7 Å². The molecule has 1 unspecified atom stereocenters. The summed E-state index contributed by atoms with van der Waals surface area (Å²) in [6.07, 6.45) is 5.22. The minimum Gasteiger partial charge on any atom is -0.394 e. The molecule has 0 heterocycles. The fourth-order valence-electron chi connectivity index (χ4n) is 1.98. The number of nitrogens with one attached hydrogen (secondary N) is 1. The van der Waals surface area contributed by atoms with Gasteiger partial charge in [0.1, 0.15) is 0 Å². The SMILES string of the molecule is CNC(C)(CO)C1CCCC1. The molecule has 1 aliphatic rings. The zero-order valence-corrected chi connectivity index (χ0v) is 7.56. The van der Waals surface area contributed by atoms with Crippen molar-refractivity contribution in [3.05, 3.63) is 0 Å². The predicted octanol–water partition coefficient (Wildman–Crippen LogP) is 1.15. The molecular weight excluding hydrogens is 138 g/mol. The van der Waals surface area contributed by atoms with E-state index in [0.717, 1.165) is 0 Å². The van der Waals surface area contributed by atoms with Crippen LogP contribution in [0.3, 0.4) is 0 Å². The molecule has 1 aliphatic carbocycles. The zero-order chi connectivity index (χ0) is 8.32. The van der Waals surface area contributed by atoms with Gasteiger partial charge in [0.2, 0.25) is 0 Å². The molecule has 0 saturated heterocycles. The van der Waals surface area contributed by atoms with Crippen LogP contribution < -0.4 is 5.32 Å². The third kappa shape index (κ3) is 1.74. The molecule has 66 valence electrons. The van der Waals surface area contributed by atoms with Gasteiger partial charge in [0.25, 0.3) is 0 Å². The van der Waals surface area contributed by atoms with E-state index in [1.54, 1.807) is 0 Å². The molecule has 0 aromatic rings. The summed E-state index contributed by atoms with van der Waals surface area (Å²) in [5.41, 5.74) is -0.0312. The van der Waals surface area contributed by atoms with E-state index in [1.165, 1.54) is 25.7 Å². The Morgan fingerprint density at radius 1 is 1.45 bits per heavy atom. The predicted molar refractivity (Wildman–Crippen MR) is 46.5 cm³/mol. The first-order valence-electron chi connectivity index (χ1n) is 4.52. The standard InChI is InChI=1S/C9H19NO/c1-9(7-11,10-2)8-5-3-4-6-8/h8,10-11H,3-7H2,1-2H3. The van der Waals surface area contributed by atoms with Crippen LogP contribution in [0.25, 0.3) is 0 Å². The largest absolute Gasteiger partial charge is 0.394 e. The third-order valence-electron chi connectivity index (χ3n) is 3.16. The summed E-state index contributed by atoms with van der Waals surface area (Å²) in [5.74, 6) is 0.678. The van der Waals surface area contributed by atoms with E-state index in [0.29, 0.717) is 5.92 Å². The van der Waals surface area contributed by atoms with E-state index in [4.69, 9.17) is 0 Å². The van der Waals surface area contributed by atoms with Gasteiger partial charge in [-0.1, -0.05) is 12.8 Å². The van der Waals surface area contributed by atoms with Gasteiger partial charge in [-0.2, -0.15) is 0 Å². The van der Waals surface area contributed by atoms with Gasteiger partial charge in [-0.15, -0.1) is 0 Å². The Hall–Kier alpha value is -0.0800. The molecule has 1 rings (SSSR count). The Kier molecular flexibility index (Phi) is 2.90. The highest BCUT2D eigenvalue weighted by Gasteiger charge is 2.33. The van der Waals surface area contributed by atoms with Crippen molar-refractivity contribution in [2.45, 2.75) is 38.1 Å². The van der Waals surface area contributed by atoms with Crippen molar-refractivity contribution >= 4 is 0 Å². The maximum Gasteiger partial charge on any atom is 0.0613 e. The molecule has 0 radical (unpaired) electrons. The van der Waals surface area contributed by atoms with Gasteiger partial charge in [-0.25, -0.2) is 0 Å². The van der Waals surface area contributed by atoms with Crippen LogP contribution in [0.2, 0.25) is 0 Å². The lowest BCUT2D eigenvalue weighted by molar-refractivity contribution is 0.128. The molecule has 2 N–H and O–H groups in total. The molecule has 1 saturated carbocycles. The maximum absolute atomic E-state index is 9.18. The zero-order valence-electron chi connectivity index (χ0n) is 7.56. The number of aliphatic hydroxyl groups is 1. The lowest BCUT2D eigenvalue weighted by Gasteiger charge is -2.33. The van der Waals surface area contributed by atoms with Gasteiger partial charge in [0.15, 0.2) is 0 Å². The van der Waals surface area contributed by atoms with Crippen molar-refractivity contribution < 1.29 is 5.11 Å². The fourth-order valence-corrected chi connectivity index (χ4v) is 1.98. The molecule has 0 aromatic carbocycles. The van der Waals surface area contributed by atoms with Gasteiger partial charge in [-0.3, -0.25) is 0 Å². The van der Waals surface area contributed by atoms with E-state index in [9.17, 15) is 5.11 Å². The van der Waals surface area contributed by atoms with E-state index >= 15 is 0 Å². The van der Waals surface area contributed by atoms with Crippen LogP contribution in [0.4, 0.5) is 0 Å². The quantitative estimate of drug-likeness (QED) is 0.644. The van der Waals surface area contributed by atoms with E-state index in [-0.39, 0.29) is 12.1 Å². The van der Waals surface area contributed by atoms with Gasteiger partial charge in [0, 0.05) is 5.54 Å². The Bertz CT molecular complexity index is 115. The fraction of sp³-hybridized carbons (Fsp3) is 1.00. The molecule has 1 fully saturated rings. The Labute approximate surface area is 69.0 Å². The van der Waals surface area contributed by atoms with Crippen molar-refractivity contribution in [1.29, 1.82) is 0 Å². The van der Waals surface area contributed by atoms with Crippen LogP contribution >= 0.6 is 0 Å². The van der Waals surface area contributed by atoms with Gasteiger partial charge >= 0.3 is 0 Å². The molecule has 0 spiro atoms. The Morgan fingerprint density at radius 3 is 2.36 bits per heavy atom. The smallest absolute Gasteiger partial charge is 0.0613 e. The second-order valence-corrected chi connectivity index (χ2v) is 3.81. The molecule has 0 aliphatic heterocycles. The number of hydrogen-bond acceptors (Lipinski definition) is 2. The monoisotopic (exact) mass is 157 g/mol. The topological polar surface area (TPSA) is 32.3 Å². The molecule has 11 heavy (non-hydrogen) atoms. The lowest BCUT2D eigenvalue weighted by atomic mass is 9.85. The lowest BCUT2D eigenvalue weighted by Crippen LogP contribution is -2.49.